The average molecular weight is 306 g/mol. The minimum absolute atomic E-state index is 0.0189. The van der Waals surface area contributed by atoms with Crippen molar-refractivity contribution < 1.29 is 19.1 Å². The largest absolute Gasteiger partial charge is 0.464 e. The van der Waals surface area contributed by atoms with Gasteiger partial charge in [0.05, 0.1) is 26.2 Å². The first-order chi connectivity index (χ1) is 10.7. The molecule has 3 heterocycles. The van der Waals surface area contributed by atoms with Gasteiger partial charge < -0.3 is 19.3 Å². The van der Waals surface area contributed by atoms with E-state index in [0.717, 1.165) is 0 Å². The van der Waals surface area contributed by atoms with Gasteiger partial charge in [-0.15, -0.1) is 0 Å². The van der Waals surface area contributed by atoms with Crippen LogP contribution in [0.5, 0.6) is 0 Å². The molecular weight excluding hydrogens is 288 g/mol. The Morgan fingerprint density at radius 3 is 2.59 bits per heavy atom. The molecule has 0 saturated carbocycles. The Morgan fingerprint density at radius 2 is 2.00 bits per heavy atom. The van der Waals surface area contributed by atoms with Gasteiger partial charge in [0.15, 0.2) is 5.69 Å². The molecule has 118 valence electrons. The molecular formula is C14H18N4O4. The van der Waals surface area contributed by atoms with Crippen molar-refractivity contribution in [1.29, 1.82) is 0 Å². The minimum atomic E-state index is -0.484. The van der Waals surface area contributed by atoms with E-state index in [1.54, 1.807) is 0 Å². The van der Waals surface area contributed by atoms with Crippen LogP contribution in [-0.4, -0.2) is 73.2 Å². The first-order valence-corrected chi connectivity index (χ1v) is 7.22. The fraction of sp³-hybridized carbons (Fsp3) is 0.571. The lowest BCUT2D eigenvalue weighted by molar-refractivity contribution is -0.150. The third kappa shape index (κ3) is 2.87. The number of aromatic nitrogens is 2. The molecule has 1 amide bonds. The second-order valence-electron chi connectivity index (χ2n) is 5.28. The summed E-state index contributed by atoms with van der Waals surface area (Å²) in [6.45, 7) is 3.60. The number of rotatable bonds is 3. The summed E-state index contributed by atoms with van der Waals surface area (Å²) in [5.41, 5.74) is 0.234. The van der Waals surface area contributed by atoms with Gasteiger partial charge in [-0.25, -0.2) is 14.8 Å². The van der Waals surface area contributed by atoms with Crippen molar-refractivity contribution in [3.63, 3.8) is 0 Å². The molecule has 0 radical (unpaired) electrons. The molecule has 1 aromatic heterocycles. The molecule has 0 atom stereocenters. The van der Waals surface area contributed by atoms with Crippen molar-refractivity contribution in [1.82, 2.24) is 14.9 Å². The summed E-state index contributed by atoms with van der Waals surface area (Å²) in [6, 6.07) is 1.52. The van der Waals surface area contributed by atoms with Crippen LogP contribution in [0.25, 0.3) is 0 Å². The normalized spacial score (nSPS) is 18.8. The van der Waals surface area contributed by atoms with Crippen LogP contribution in [0.4, 0.5) is 5.95 Å². The van der Waals surface area contributed by atoms with Crippen LogP contribution in [0.3, 0.4) is 0 Å². The Kier molecular flexibility index (Phi) is 4.19. The van der Waals surface area contributed by atoms with E-state index in [-0.39, 0.29) is 17.5 Å². The first kappa shape index (κ1) is 14.7. The van der Waals surface area contributed by atoms with Gasteiger partial charge in [-0.05, 0) is 6.07 Å². The Bertz CT molecular complexity index is 568. The second-order valence-corrected chi connectivity index (χ2v) is 5.28. The zero-order chi connectivity index (χ0) is 15.5. The first-order valence-electron chi connectivity index (χ1n) is 7.22. The molecule has 0 spiro atoms. The van der Waals surface area contributed by atoms with Gasteiger partial charge in [0.2, 0.25) is 11.9 Å². The molecule has 2 saturated heterocycles. The number of nitrogens with zero attached hydrogens (tertiary/aromatic N) is 4. The topological polar surface area (TPSA) is 84.9 Å². The molecule has 22 heavy (non-hydrogen) atoms. The summed E-state index contributed by atoms with van der Waals surface area (Å²) < 4.78 is 9.72. The molecule has 0 bridgehead atoms. The van der Waals surface area contributed by atoms with E-state index in [4.69, 9.17) is 4.74 Å². The predicted molar refractivity (Wildman–Crippen MR) is 76.5 cm³/mol. The van der Waals surface area contributed by atoms with Gasteiger partial charge in [0.25, 0.3) is 0 Å². The third-order valence-corrected chi connectivity index (χ3v) is 3.90. The standard InChI is InChI=1S/C14H18N4O4/c1-21-13(20)11-2-3-15-14(16-11)18-6-4-17(5-7-18)12(19)10-8-22-9-10/h2-3,10H,4-9H2,1H3. The summed E-state index contributed by atoms with van der Waals surface area (Å²) in [4.78, 5) is 35.9. The lowest BCUT2D eigenvalue weighted by Crippen LogP contribution is -2.53. The number of ether oxygens (including phenoxy) is 2. The van der Waals surface area contributed by atoms with E-state index in [9.17, 15) is 9.59 Å². The monoisotopic (exact) mass is 306 g/mol. The summed E-state index contributed by atoms with van der Waals surface area (Å²) in [5.74, 6) is 0.185. The number of hydrogen-bond acceptors (Lipinski definition) is 7. The summed E-state index contributed by atoms with van der Waals surface area (Å²) in [7, 11) is 1.32. The van der Waals surface area contributed by atoms with E-state index in [0.29, 0.717) is 45.3 Å². The van der Waals surface area contributed by atoms with Crippen molar-refractivity contribution in [3.8, 4) is 0 Å². The maximum Gasteiger partial charge on any atom is 0.356 e. The number of piperazine rings is 1. The van der Waals surface area contributed by atoms with Gasteiger partial charge in [-0.3, -0.25) is 4.79 Å². The van der Waals surface area contributed by atoms with E-state index in [2.05, 4.69) is 14.7 Å². The fourth-order valence-corrected chi connectivity index (χ4v) is 2.48. The maximum atomic E-state index is 12.1. The third-order valence-electron chi connectivity index (χ3n) is 3.90. The van der Waals surface area contributed by atoms with Gasteiger partial charge in [0, 0.05) is 32.4 Å². The predicted octanol–water partition coefficient (Wildman–Crippen LogP) is -0.442. The number of hydrogen-bond donors (Lipinski definition) is 0. The lowest BCUT2D eigenvalue weighted by Gasteiger charge is -2.38. The molecule has 0 aliphatic carbocycles. The van der Waals surface area contributed by atoms with Crippen molar-refractivity contribution in [2.75, 3.05) is 51.4 Å². The average Bonchev–Trinajstić information content (AvgIpc) is 2.52. The highest BCUT2D eigenvalue weighted by atomic mass is 16.5. The maximum absolute atomic E-state index is 12.1. The van der Waals surface area contributed by atoms with Crippen LogP contribution >= 0.6 is 0 Å². The molecule has 0 unspecified atom stereocenters. The Labute approximate surface area is 128 Å². The lowest BCUT2D eigenvalue weighted by atomic mass is 10.1. The Hall–Kier alpha value is -2.22. The van der Waals surface area contributed by atoms with Gasteiger partial charge in [-0.2, -0.15) is 0 Å². The Balaban J connectivity index is 1.61. The number of amides is 1. The van der Waals surface area contributed by atoms with Crippen molar-refractivity contribution in [3.05, 3.63) is 18.0 Å². The van der Waals surface area contributed by atoms with E-state index in [1.165, 1.54) is 19.4 Å². The highest BCUT2D eigenvalue weighted by molar-refractivity contribution is 5.87. The highest BCUT2D eigenvalue weighted by Gasteiger charge is 2.32. The molecule has 8 heteroatoms. The summed E-state index contributed by atoms with van der Waals surface area (Å²) in [5, 5.41) is 0. The van der Waals surface area contributed by atoms with Crippen LogP contribution in [-0.2, 0) is 14.3 Å². The van der Waals surface area contributed by atoms with Crippen molar-refractivity contribution in [2.24, 2.45) is 5.92 Å². The van der Waals surface area contributed by atoms with Crippen LogP contribution in [0.2, 0.25) is 0 Å². The molecule has 3 rings (SSSR count). The van der Waals surface area contributed by atoms with E-state index >= 15 is 0 Å². The molecule has 2 aliphatic rings. The zero-order valence-corrected chi connectivity index (χ0v) is 12.4. The molecule has 8 nitrogen and oxygen atoms in total. The molecule has 1 aromatic rings. The SMILES string of the molecule is COC(=O)c1ccnc(N2CCN(C(=O)C3COC3)CC2)n1. The smallest absolute Gasteiger partial charge is 0.356 e. The number of anilines is 1. The van der Waals surface area contributed by atoms with Crippen LogP contribution < -0.4 is 4.90 Å². The van der Waals surface area contributed by atoms with Gasteiger partial charge in [0.1, 0.15) is 0 Å². The van der Waals surface area contributed by atoms with E-state index < -0.39 is 5.97 Å². The van der Waals surface area contributed by atoms with Crippen LogP contribution in [0.15, 0.2) is 12.3 Å². The van der Waals surface area contributed by atoms with Gasteiger partial charge in [-0.1, -0.05) is 0 Å². The summed E-state index contributed by atoms with van der Waals surface area (Å²) in [6.07, 6.45) is 1.54. The quantitative estimate of drug-likeness (QED) is 0.700. The number of methoxy groups -OCH3 is 1. The van der Waals surface area contributed by atoms with E-state index in [1.807, 2.05) is 9.80 Å². The van der Waals surface area contributed by atoms with Crippen LogP contribution in [0.1, 0.15) is 10.5 Å². The Morgan fingerprint density at radius 1 is 1.27 bits per heavy atom. The summed E-state index contributed by atoms with van der Waals surface area (Å²) >= 11 is 0. The second kappa shape index (κ2) is 6.27. The number of carbonyl (C=O) groups excluding carboxylic acids is 2. The van der Waals surface area contributed by atoms with Gasteiger partial charge >= 0.3 is 5.97 Å². The molecule has 2 aliphatic heterocycles. The highest BCUT2D eigenvalue weighted by Crippen LogP contribution is 2.17. The molecule has 0 aromatic carbocycles. The molecule has 0 N–H and O–H groups in total. The van der Waals surface area contributed by atoms with Crippen molar-refractivity contribution in [2.45, 2.75) is 0 Å². The molecule has 2 fully saturated rings. The minimum Gasteiger partial charge on any atom is -0.464 e. The fourth-order valence-electron chi connectivity index (χ4n) is 2.48. The zero-order valence-electron chi connectivity index (χ0n) is 12.4. The number of esters is 1. The van der Waals surface area contributed by atoms with Crippen LogP contribution in [0, 0.1) is 5.92 Å². The van der Waals surface area contributed by atoms with Crippen molar-refractivity contribution >= 4 is 17.8 Å². The number of carbonyl (C=O) groups is 2.